The van der Waals surface area contributed by atoms with Crippen LogP contribution in [0.1, 0.15) is 105 Å². The molecule has 0 aliphatic heterocycles. The lowest BCUT2D eigenvalue weighted by Gasteiger charge is -2.65. The third-order valence-electron chi connectivity index (χ3n) is 11.0. The molecule has 3 heteroatoms. The standard InChI is InChI=1S/C27H46Cl2O/c1-17(2)7-6-8-18(3)21-9-10-22-20-15-24(29)27(30)16-19(28)11-14-26(27,5)23(20)12-13-25(21,22)4/h17-24,30H,6-16H2,1-5H3/t18-,19+,20+,21-,22+,23+,24-,25-,26-,27+/m1/s1. The molecule has 0 heterocycles. The molecule has 4 aliphatic carbocycles. The zero-order chi connectivity index (χ0) is 21.9. The summed E-state index contributed by atoms with van der Waals surface area (Å²) in [7, 11) is 0. The largest absolute Gasteiger partial charge is 0.388 e. The lowest BCUT2D eigenvalue weighted by Crippen LogP contribution is -2.67. The van der Waals surface area contributed by atoms with Crippen molar-refractivity contribution < 1.29 is 5.11 Å². The fraction of sp³-hybridized carbons (Fsp3) is 1.00. The first kappa shape index (κ1) is 23.7. The minimum atomic E-state index is -0.781. The predicted molar refractivity (Wildman–Crippen MR) is 129 cm³/mol. The molecule has 0 radical (unpaired) electrons. The van der Waals surface area contributed by atoms with Crippen LogP contribution in [-0.2, 0) is 0 Å². The minimum Gasteiger partial charge on any atom is -0.388 e. The zero-order valence-electron chi connectivity index (χ0n) is 20.1. The van der Waals surface area contributed by atoms with Crippen LogP contribution in [0.15, 0.2) is 0 Å². The van der Waals surface area contributed by atoms with Gasteiger partial charge in [0.15, 0.2) is 0 Å². The molecule has 0 aromatic heterocycles. The summed E-state index contributed by atoms with van der Waals surface area (Å²) in [5.74, 6) is 4.64. The summed E-state index contributed by atoms with van der Waals surface area (Å²) >= 11 is 13.6. The Kier molecular flexibility index (Phi) is 6.63. The summed E-state index contributed by atoms with van der Waals surface area (Å²) in [6.45, 7) is 12.2. The molecule has 0 amide bonds. The summed E-state index contributed by atoms with van der Waals surface area (Å²) < 4.78 is 0. The fourth-order valence-electron chi connectivity index (χ4n) is 9.20. The van der Waals surface area contributed by atoms with E-state index in [2.05, 4.69) is 34.6 Å². The van der Waals surface area contributed by atoms with Crippen LogP contribution in [0.3, 0.4) is 0 Å². The van der Waals surface area contributed by atoms with E-state index < -0.39 is 5.60 Å². The molecule has 0 bridgehead atoms. The van der Waals surface area contributed by atoms with Crippen LogP contribution in [0.5, 0.6) is 0 Å². The Hall–Kier alpha value is 0.540. The van der Waals surface area contributed by atoms with Crippen molar-refractivity contribution >= 4 is 23.2 Å². The van der Waals surface area contributed by atoms with E-state index >= 15 is 0 Å². The maximum Gasteiger partial charge on any atom is 0.0880 e. The molecule has 0 spiro atoms. The number of rotatable bonds is 5. The normalized spacial score (nSPS) is 51.9. The molecule has 0 aromatic rings. The van der Waals surface area contributed by atoms with Crippen LogP contribution >= 0.6 is 23.2 Å². The maximum absolute atomic E-state index is 11.8. The first-order valence-corrected chi connectivity index (χ1v) is 13.9. The van der Waals surface area contributed by atoms with E-state index in [4.69, 9.17) is 23.2 Å². The lowest BCUT2D eigenvalue weighted by atomic mass is 9.43. The third kappa shape index (κ3) is 3.60. The van der Waals surface area contributed by atoms with E-state index in [9.17, 15) is 5.11 Å². The number of alkyl halides is 2. The van der Waals surface area contributed by atoms with Crippen LogP contribution in [0.4, 0.5) is 0 Å². The number of halogens is 2. The molecule has 1 nitrogen and oxygen atoms in total. The summed E-state index contributed by atoms with van der Waals surface area (Å²) in [6.07, 6.45) is 13.3. The van der Waals surface area contributed by atoms with E-state index in [1.54, 1.807) is 0 Å². The molecule has 4 saturated carbocycles. The second-order valence-corrected chi connectivity index (χ2v) is 13.9. The van der Waals surface area contributed by atoms with Crippen molar-refractivity contribution in [2.24, 2.45) is 46.3 Å². The van der Waals surface area contributed by atoms with Crippen LogP contribution in [0, 0.1) is 46.3 Å². The highest BCUT2D eigenvalue weighted by atomic mass is 35.5. The number of aliphatic hydroxyl groups is 1. The molecule has 30 heavy (non-hydrogen) atoms. The van der Waals surface area contributed by atoms with Gasteiger partial charge in [0, 0.05) is 10.8 Å². The van der Waals surface area contributed by atoms with E-state index in [-0.39, 0.29) is 16.2 Å². The number of hydrogen-bond donors (Lipinski definition) is 1. The monoisotopic (exact) mass is 456 g/mol. The summed E-state index contributed by atoms with van der Waals surface area (Å²) in [6, 6.07) is 0. The quantitative estimate of drug-likeness (QED) is 0.414. The Morgan fingerprint density at radius 2 is 1.67 bits per heavy atom. The van der Waals surface area contributed by atoms with Crippen LogP contribution in [0.25, 0.3) is 0 Å². The molecular formula is C27H46Cl2O. The van der Waals surface area contributed by atoms with Gasteiger partial charge in [0.25, 0.3) is 0 Å². The SMILES string of the molecule is CC(C)CCC[C@@H](C)[C@H]1CC[C@H]2[C@@H]3C[C@@H](Cl)[C@@]4(O)C[C@@H](Cl)CC[C@]4(C)[C@H]3CC[C@]12C. The first-order valence-electron chi connectivity index (χ1n) is 13.0. The van der Waals surface area contributed by atoms with E-state index in [1.165, 1.54) is 44.9 Å². The van der Waals surface area contributed by atoms with Gasteiger partial charge in [0.1, 0.15) is 0 Å². The molecule has 4 aliphatic rings. The Balaban J connectivity index is 1.53. The molecule has 4 rings (SSSR count). The highest BCUT2D eigenvalue weighted by molar-refractivity contribution is 6.22. The molecule has 0 unspecified atom stereocenters. The molecule has 0 aromatic carbocycles. The van der Waals surface area contributed by atoms with Crippen molar-refractivity contribution in [2.75, 3.05) is 0 Å². The Morgan fingerprint density at radius 3 is 2.37 bits per heavy atom. The van der Waals surface area contributed by atoms with Crippen molar-refractivity contribution in [2.45, 2.75) is 122 Å². The van der Waals surface area contributed by atoms with Crippen LogP contribution < -0.4 is 0 Å². The van der Waals surface area contributed by atoms with Crippen molar-refractivity contribution in [1.29, 1.82) is 0 Å². The average Bonchev–Trinajstić information content (AvgIpc) is 3.01. The van der Waals surface area contributed by atoms with Gasteiger partial charge in [-0.15, -0.1) is 23.2 Å². The van der Waals surface area contributed by atoms with Crippen molar-refractivity contribution in [3.05, 3.63) is 0 Å². The molecule has 174 valence electrons. The Bertz CT molecular complexity index is 622. The van der Waals surface area contributed by atoms with E-state index in [0.29, 0.717) is 23.7 Å². The molecule has 10 atom stereocenters. The van der Waals surface area contributed by atoms with Gasteiger partial charge < -0.3 is 5.11 Å². The minimum absolute atomic E-state index is 0.0595. The molecule has 1 N–H and O–H groups in total. The van der Waals surface area contributed by atoms with E-state index in [1.807, 2.05) is 0 Å². The van der Waals surface area contributed by atoms with Gasteiger partial charge in [-0.3, -0.25) is 0 Å². The number of fused-ring (bicyclic) bond motifs is 5. The number of hydrogen-bond acceptors (Lipinski definition) is 1. The molecule has 4 fully saturated rings. The predicted octanol–water partition coefficient (Wildman–Crippen LogP) is 8.05. The van der Waals surface area contributed by atoms with Gasteiger partial charge in [0.05, 0.1) is 11.0 Å². The van der Waals surface area contributed by atoms with Crippen LogP contribution in [-0.4, -0.2) is 21.5 Å². The highest BCUT2D eigenvalue weighted by Crippen LogP contribution is 2.70. The van der Waals surface area contributed by atoms with E-state index in [0.717, 1.165) is 42.9 Å². The maximum atomic E-state index is 11.8. The second-order valence-electron chi connectivity index (χ2n) is 12.8. The van der Waals surface area contributed by atoms with Gasteiger partial charge >= 0.3 is 0 Å². The fourth-order valence-corrected chi connectivity index (χ4v) is 10.1. The highest BCUT2D eigenvalue weighted by Gasteiger charge is 2.67. The zero-order valence-corrected chi connectivity index (χ0v) is 21.6. The summed E-state index contributed by atoms with van der Waals surface area (Å²) in [5, 5.41) is 11.7. The Morgan fingerprint density at radius 1 is 0.933 bits per heavy atom. The van der Waals surface area contributed by atoms with Gasteiger partial charge in [-0.2, -0.15) is 0 Å². The van der Waals surface area contributed by atoms with Crippen molar-refractivity contribution in [3.8, 4) is 0 Å². The van der Waals surface area contributed by atoms with Crippen LogP contribution in [0.2, 0.25) is 0 Å². The van der Waals surface area contributed by atoms with Gasteiger partial charge in [-0.05, 0) is 92.3 Å². The smallest absolute Gasteiger partial charge is 0.0880 e. The summed E-state index contributed by atoms with van der Waals surface area (Å²) in [4.78, 5) is 0. The molecule has 0 saturated heterocycles. The van der Waals surface area contributed by atoms with Gasteiger partial charge in [0.2, 0.25) is 0 Å². The van der Waals surface area contributed by atoms with Crippen molar-refractivity contribution in [1.82, 2.24) is 0 Å². The summed E-state index contributed by atoms with van der Waals surface area (Å²) in [5.41, 5.74) is -0.364. The van der Waals surface area contributed by atoms with Gasteiger partial charge in [-0.1, -0.05) is 53.9 Å². The lowest BCUT2D eigenvalue weighted by molar-refractivity contribution is -0.201. The third-order valence-corrected chi connectivity index (χ3v) is 11.9. The second kappa shape index (κ2) is 8.39. The first-order chi connectivity index (χ1) is 14.0. The average molecular weight is 458 g/mol. The Labute approximate surface area is 196 Å². The van der Waals surface area contributed by atoms with Gasteiger partial charge in [-0.25, -0.2) is 0 Å². The topological polar surface area (TPSA) is 20.2 Å². The van der Waals surface area contributed by atoms with Crippen molar-refractivity contribution in [3.63, 3.8) is 0 Å². The molecular weight excluding hydrogens is 411 g/mol.